The Morgan fingerprint density at radius 1 is 1.44 bits per heavy atom. The van der Waals surface area contributed by atoms with Crippen molar-refractivity contribution in [2.24, 2.45) is 0 Å². The largest absolute Gasteiger partial charge is 0.480 e. The number of carbonyl (C=O) groups is 1. The summed E-state index contributed by atoms with van der Waals surface area (Å²) in [6, 6.07) is 6.07. The summed E-state index contributed by atoms with van der Waals surface area (Å²) < 4.78 is 0.867. The van der Waals surface area contributed by atoms with Gasteiger partial charge in [-0.1, -0.05) is 13.0 Å². The van der Waals surface area contributed by atoms with E-state index in [0.29, 0.717) is 0 Å². The fraction of sp³-hybridized carbons (Fsp3) is 0.250. The molecule has 1 unspecified atom stereocenters. The second-order valence-corrected chi connectivity index (χ2v) is 7.23. The summed E-state index contributed by atoms with van der Waals surface area (Å²) in [5.74, 6) is -1.06. The summed E-state index contributed by atoms with van der Waals surface area (Å²) in [5.41, 5.74) is 0.953. The maximum Gasteiger partial charge on any atom is 0.316 e. The van der Waals surface area contributed by atoms with E-state index in [1.807, 2.05) is 30.5 Å². The highest BCUT2D eigenvalue weighted by atomic mass is 32.2. The summed E-state index contributed by atoms with van der Waals surface area (Å²) in [7, 11) is 0. The van der Waals surface area contributed by atoms with Crippen molar-refractivity contribution in [1.82, 2.24) is 0 Å². The Bertz CT molecular complexity index is 544. The first kappa shape index (κ1) is 14.0. The van der Waals surface area contributed by atoms with Crippen LogP contribution in [0.2, 0.25) is 0 Å². The molecule has 1 N–H and O–H groups in total. The summed E-state index contributed by atoms with van der Waals surface area (Å²) in [5, 5.41) is 10.3. The molecule has 2 nitrogen and oxygen atoms in total. The molecule has 0 radical (unpaired) electrons. The van der Waals surface area contributed by atoms with Crippen LogP contribution in [0, 0.1) is 0 Å². The van der Waals surface area contributed by atoms with Crippen LogP contribution in [0.4, 0.5) is 0 Å². The molecule has 0 spiro atoms. The van der Waals surface area contributed by atoms with Crippen molar-refractivity contribution >= 4 is 53.9 Å². The molecule has 2 atom stereocenters. The molecule has 2 rings (SSSR count). The number of hydrogen-bond donors (Lipinski definition) is 3. The molecule has 2 aromatic heterocycles. The third kappa shape index (κ3) is 2.77. The van der Waals surface area contributed by atoms with E-state index in [4.69, 9.17) is 5.11 Å². The van der Waals surface area contributed by atoms with Crippen LogP contribution in [0.15, 0.2) is 27.8 Å². The van der Waals surface area contributed by atoms with Crippen LogP contribution in [0.25, 0.3) is 9.75 Å². The third-order valence-electron chi connectivity index (χ3n) is 2.72. The van der Waals surface area contributed by atoms with Gasteiger partial charge in [-0.25, -0.2) is 0 Å². The van der Waals surface area contributed by atoms with E-state index in [1.54, 1.807) is 22.7 Å². The lowest BCUT2D eigenvalue weighted by Gasteiger charge is -2.14. The summed E-state index contributed by atoms with van der Waals surface area (Å²) in [6.07, 6.45) is 0. The summed E-state index contributed by atoms with van der Waals surface area (Å²) in [4.78, 5) is 13.3. The van der Waals surface area contributed by atoms with E-state index < -0.39 is 11.2 Å². The molecule has 0 aromatic carbocycles. The lowest BCUT2D eigenvalue weighted by Crippen LogP contribution is -2.20. The number of hydrogen-bond acceptors (Lipinski definition) is 5. The number of carboxylic acids is 1. The second-order valence-electron chi connectivity index (χ2n) is 3.92. The van der Waals surface area contributed by atoms with Crippen LogP contribution in [0.3, 0.4) is 0 Å². The Balaban J connectivity index is 2.32. The topological polar surface area (TPSA) is 37.3 Å². The first-order valence-corrected chi connectivity index (χ1v) is 7.94. The smallest absolute Gasteiger partial charge is 0.316 e. The molecule has 2 heterocycles. The Hall–Kier alpha value is -0.430. The Morgan fingerprint density at radius 3 is 2.72 bits per heavy atom. The minimum Gasteiger partial charge on any atom is -0.480 e. The molecule has 0 saturated heterocycles. The van der Waals surface area contributed by atoms with Crippen LogP contribution in [-0.4, -0.2) is 16.3 Å². The van der Waals surface area contributed by atoms with E-state index in [-0.39, 0.29) is 5.92 Å². The minimum atomic E-state index is -0.901. The van der Waals surface area contributed by atoms with Crippen LogP contribution < -0.4 is 0 Å². The van der Waals surface area contributed by atoms with Gasteiger partial charge in [0.1, 0.15) is 5.25 Å². The molecule has 0 aliphatic rings. The highest BCUT2D eigenvalue weighted by Crippen LogP contribution is 2.40. The molecule has 6 heteroatoms. The maximum absolute atomic E-state index is 11.0. The third-order valence-corrected chi connectivity index (χ3v) is 5.94. The predicted molar refractivity (Wildman–Crippen MR) is 83.7 cm³/mol. The monoisotopic (exact) mass is 316 g/mol. The van der Waals surface area contributed by atoms with Crippen molar-refractivity contribution in [2.75, 3.05) is 0 Å². The highest BCUT2D eigenvalue weighted by molar-refractivity contribution is 7.83. The van der Waals surface area contributed by atoms with Crippen molar-refractivity contribution in [3.8, 4) is 9.75 Å². The van der Waals surface area contributed by atoms with Crippen LogP contribution in [0.5, 0.6) is 0 Å². The molecular formula is C12H12O2S4. The molecule has 2 aromatic rings. The SMILES string of the molecule is CC(c1cc(-c2cccs2)sc1S)[C@H](S)C(=O)O. The normalized spacial score (nSPS) is 14.4. The molecule has 0 aliphatic carbocycles. The van der Waals surface area contributed by atoms with Crippen LogP contribution in [0.1, 0.15) is 18.4 Å². The van der Waals surface area contributed by atoms with Gasteiger partial charge < -0.3 is 5.11 Å². The average Bonchev–Trinajstić information content (AvgIpc) is 2.95. The molecule has 0 saturated carbocycles. The van der Waals surface area contributed by atoms with E-state index in [9.17, 15) is 4.79 Å². The first-order chi connectivity index (χ1) is 8.50. The Kier molecular flexibility index (Phi) is 4.42. The maximum atomic E-state index is 11.0. The predicted octanol–water partition coefficient (Wildman–Crippen LogP) is 4.25. The first-order valence-electron chi connectivity index (χ1n) is 5.28. The van der Waals surface area contributed by atoms with E-state index in [0.717, 1.165) is 14.6 Å². The fourth-order valence-corrected chi connectivity index (χ4v) is 4.20. The van der Waals surface area contributed by atoms with E-state index in [1.165, 1.54) is 4.88 Å². The van der Waals surface area contributed by atoms with E-state index in [2.05, 4.69) is 25.3 Å². The Labute approximate surface area is 124 Å². The van der Waals surface area contributed by atoms with Crippen molar-refractivity contribution in [1.29, 1.82) is 0 Å². The van der Waals surface area contributed by atoms with Gasteiger partial charge in [-0.15, -0.1) is 35.3 Å². The number of aliphatic carboxylic acids is 1. The zero-order chi connectivity index (χ0) is 13.3. The lowest BCUT2D eigenvalue weighted by atomic mass is 10.00. The lowest BCUT2D eigenvalue weighted by molar-refractivity contribution is -0.136. The van der Waals surface area contributed by atoms with E-state index >= 15 is 0 Å². The van der Waals surface area contributed by atoms with Gasteiger partial charge in [-0.3, -0.25) is 4.79 Å². The molecule has 18 heavy (non-hydrogen) atoms. The van der Waals surface area contributed by atoms with Gasteiger partial charge in [0.2, 0.25) is 0 Å². The van der Waals surface area contributed by atoms with Gasteiger partial charge in [-0.2, -0.15) is 12.6 Å². The number of carboxylic acid groups (broad SMARTS) is 1. The van der Waals surface area contributed by atoms with Crippen molar-refractivity contribution < 1.29 is 9.90 Å². The van der Waals surface area contributed by atoms with Crippen LogP contribution in [-0.2, 0) is 4.79 Å². The molecule has 0 amide bonds. The van der Waals surface area contributed by atoms with Gasteiger partial charge in [-0.05, 0) is 23.1 Å². The minimum absolute atomic E-state index is 0.164. The molecular weight excluding hydrogens is 304 g/mol. The van der Waals surface area contributed by atoms with Crippen molar-refractivity contribution in [3.63, 3.8) is 0 Å². The average molecular weight is 316 g/mol. The number of rotatable bonds is 4. The number of thiol groups is 2. The molecule has 96 valence electrons. The highest BCUT2D eigenvalue weighted by Gasteiger charge is 2.25. The molecule has 0 fully saturated rings. The van der Waals surface area contributed by atoms with Crippen molar-refractivity contribution in [3.05, 3.63) is 29.1 Å². The standard InChI is InChI=1S/C12H12O2S4/c1-6(10(15)11(13)14)7-5-9(18-12(7)16)8-3-2-4-17-8/h2-6,10,15-16H,1H3,(H,13,14)/t6?,10-/m0/s1. The quantitative estimate of drug-likeness (QED) is 0.738. The van der Waals surface area contributed by atoms with Crippen molar-refractivity contribution in [2.45, 2.75) is 22.3 Å². The zero-order valence-electron chi connectivity index (χ0n) is 9.53. The molecule has 0 bridgehead atoms. The van der Waals surface area contributed by atoms with Gasteiger partial charge >= 0.3 is 5.97 Å². The fourth-order valence-electron chi connectivity index (χ4n) is 1.65. The van der Waals surface area contributed by atoms with Crippen LogP contribution >= 0.6 is 47.9 Å². The molecule has 0 aliphatic heterocycles. The van der Waals surface area contributed by atoms with Gasteiger partial charge in [0.25, 0.3) is 0 Å². The van der Waals surface area contributed by atoms with Gasteiger partial charge in [0.05, 0.1) is 4.21 Å². The summed E-state index contributed by atoms with van der Waals surface area (Å²) in [6.45, 7) is 1.87. The van der Waals surface area contributed by atoms with Gasteiger partial charge in [0, 0.05) is 15.7 Å². The Morgan fingerprint density at radius 2 is 2.17 bits per heavy atom. The number of thiophene rings is 2. The van der Waals surface area contributed by atoms with Gasteiger partial charge in [0.15, 0.2) is 0 Å². The second kappa shape index (κ2) is 5.69. The summed E-state index contributed by atoms with van der Waals surface area (Å²) >= 11 is 11.8. The zero-order valence-corrected chi connectivity index (χ0v) is 13.0.